The van der Waals surface area contributed by atoms with E-state index in [2.05, 4.69) is 20.7 Å². The molecule has 1 aromatic rings. The lowest BCUT2D eigenvalue weighted by atomic mass is 10.1. The van der Waals surface area contributed by atoms with E-state index in [0.717, 1.165) is 10.0 Å². The predicted molar refractivity (Wildman–Crippen MR) is 69.8 cm³/mol. The van der Waals surface area contributed by atoms with Gasteiger partial charge in [-0.15, -0.1) is 0 Å². The molecule has 0 saturated carbocycles. The lowest BCUT2D eigenvalue weighted by molar-refractivity contribution is 0.565. The van der Waals surface area contributed by atoms with E-state index < -0.39 is 10.0 Å². The Bertz CT molecular complexity index is 428. The summed E-state index contributed by atoms with van der Waals surface area (Å²) in [6, 6.07) is 7.43. The number of rotatable bonds is 5. The fourth-order valence-corrected chi connectivity index (χ4v) is 3.01. The fourth-order valence-electron chi connectivity index (χ4n) is 1.42. The van der Waals surface area contributed by atoms with Crippen LogP contribution in [0.4, 0.5) is 0 Å². The van der Waals surface area contributed by atoms with Gasteiger partial charge in [0, 0.05) is 10.5 Å². The molecular formula is C11H16BrNO2S. The van der Waals surface area contributed by atoms with E-state index in [1.165, 1.54) is 0 Å². The SMILES string of the molecule is CCCS(=O)(=O)N[C@@H](C)c1ccc(Br)cc1. The zero-order valence-corrected chi connectivity index (χ0v) is 11.8. The summed E-state index contributed by atoms with van der Waals surface area (Å²) >= 11 is 3.34. The topological polar surface area (TPSA) is 46.2 Å². The Balaban J connectivity index is 2.72. The second-order valence-corrected chi connectivity index (χ2v) is 6.50. The molecule has 1 N–H and O–H groups in total. The molecule has 0 aliphatic carbocycles. The highest BCUT2D eigenvalue weighted by molar-refractivity contribution is 9.10. The minimum atomic E-state index is -3.15. The molecule has 16 heavy (non-hydrogen) atoms. The summed E-state index contributed by atoms with van der Waals surface area (Å²) in [6.45, 7) is 3.69. The molecule has 0 aliphatic rings. The zero-order valence-electron chi connectivity index (χ0n) is 9.40. The molecule has 0 unspecified atom stereocenters. The standard InChI is InChI=1S/C11H16BrNO2S/c1-3-8-16(14,15)13-9(2)10-4-6-11(12)7-5-10/h4-7,9,13H,3,8H2,1-2H3/t9-/m0/s1. The summed E-state index contributed by atoms with van der Waals surface area (Å²) in [6.07, 6.45) is 0.627. The van der Waals surface area contributed by atoms with E-state index in [1.54, 1.807) is 0 Å². The van der Waals surface area contributed by atoms with Crippen LogP contribution in [0.3, 0.4) is 0 Å². The summed E-state index contributed by atoms with van der Waals surface area (Å²) in [5.41, 5.74) is 0.961. The first-order valence-corrected chi connectivity index (χ1v) is 7.64. The quantitative estimate of drug-likeness (QED) is 0.909. The van der Waals surface area contributed by atoms with Gasteiger partial charge < -0.3 is 0 Å². The van der Waals surface area contributed by atoms with Crippen molar-refractivity contribution in [2.75, 3.05) is 5.75 Å². The van der Waals surface area contributed by atoms with Crippen molar-refractivity contribution < 1.29 is 8.42 Å². The van der Waals surface area contributed by atoms with E-state index in [9.17, 15) is 8.42 Å². The molecule has 3 nitrogen and oxygen atoms in total. The van der Waals surface area contributed by atoms with Crippen LogP contribution in [0, 0.1) is 0 Å². The van der Waals surface area contributed by atoms with Crippen molar-refractivity contribution in [2.45, 2.75) is 26.3 Å². The van der Waals surface area contributed by atoms with Crippen molar-refractivity contribution in [3.05, 3.63) is 34.3 Å². The van der Waals surface area contributed by atoms with Crippen LogP contribution in [-0.2, 0) is 10.0 Å². The number of benzene rings is 1. The first-order chi connectivity index (χ1) is 7.44. The number of sulfonamides is 1. The van der Waals surface area contributed by atoms with E-state index >= 15 is 0 Å². The van der Waals surface area contributed by atoms with Gasteiger partial charge in [0.25, 0.3) is 0 Å². The summed E-state index contributed by atoms with van der Waals surface area (Å²) in [4.78, 5) is 0. The number of hydrogen-bond acceptors (Lipinski definition) is 2. The van der Waals surface area contributed by atoms with Gasteiger partial charge in [-0.1, -0.05) is 35.0 Å². The van der Waals surface area contributed by atoms with Crippen LogP contribution < -0.4 is 4.72 Å². The smallest absolute Gasteiger partial charge is 0.212 e. The highest BCUT2D eigenvalue weighted by Crippen LogP contribution is 2.17. The van der Waals surface area contributed by atoms with Crippen LogP contribution in [0.2, 0.25) is 0 Å². The molecule has 0 aromatic heterocycles. The van der Waals surface area contributed by atoms with Crippen LogP contribution in [0.25, 0.3) is 0 Å². The van der Waals surface area contributed by atoms with Crippen molar-refractivity contribution in [3.8, 4) is 0 Å². The van der Waals surface area contributed by atoms with Crippen molar-refractivity contribution >= 4 is 26.0 Å². The highest BCUT2D eigenvalue weighted by atomic mass is 79.9. The molecule has 0 fully saturated rings. The number of halogens is 1. The molecule has 0 bridgehead atoms. The highest BCUT2D eigenvalue weighted by Gasteiger charge is 2.14. The molecule has 0 saturated heterocycles. The van der Waals surface area contributed by atoms with Crippen LogP contribution in [0.1, 0.15) is 31.9 Å². The van der Waals surface area contributed by atoms with Crippen LogP contribution >= 0.6 is 15.9 Å². The van der Waals surface area contributed by atoms with E-state index in [0.29, 0.717) is 6.42 Å². The Kier molecular flexibility index (Phi) is 4.95. The van der Waals surface area contributed by atoms with E-state index in [4.69, 9.17) is 0 Å². The van der Waals surface area contributed by atoms with E-state index in [1.807, 2.05) is 38.1 Å². The molecule has 0 spiro atoms. The second-order valence-electron chi connectivity index (χ2n) is 3.71. The van der Waals surface area contributed by atoms with Gasteiger partial charge in [-0.2, -0.15) is 0 Å². The Morgan fingerprint density at radius 2 is 1.88 bits per heavy atom. The van der Waals surface area contributed by atoms with Crippen LogP contribution in [0.5, 0.6) is 0 Å². The Morgan fingerprint density at radius 1 is 1.31 bits per heavy atom. The van der Waals surface area contributed by atoms with Crippen LogP contribution in [-0.4, -0.2) is 14.2 Å². The van der Waals surface area contributed by atoms with Gasteiger partial charge in [-0.25, -0.2) is 13.1 Å². The largest absolute Gasteiger partial charge is 0.212 e. The third kappa shape index (κ3) is 4.23. The first-order valence-electron chi connectivity index (χ1n) is 5.20. The number of nitrogens with one attached hydrogen (secondary N) is 1. The van der Waals surface area contributed by atoms with Crippen molar-refractivity contribution in [3.63, 3.8) is 0 Å². The molecule has 90 valence electrons. The molecule has 1 aromatic carbocycles. The molecule has 0 amide bonds. The van der Waals surface area contributed by atoms with Crippen molar-refractivity contribution in [1.29, 1.82) is 0 Å². The van der Waals surface area contributed by atoms with Crippen molar-refractivity contribution in [2.24, 2.45) is 0 Å². The van der Waals surface area contributed by atoms with Gasteiger partial charge in [-0.05, 0) is 31.0 Å². The average Bonchev–Trinajstić information content (AvgIpc) is 2.17. The summed E-state index contributed by atoms with van der Waals surface area (Å²) in [5, 5.41) is 0. The van der Waals surface area contributed by atoms with Gasteiger partial charge in [0.15, 0.2) is 0 Å². The molecule has 5 heteroatoms. The fraction of sp³-hybridized carbons (Fsp3) is 0.455. The molecule has 0 radical (unpaired) electrons. The summed E-state index contributed by atoms with van der Waals surface area (Å²) < 4.78 is 26.8. The lowest BCUT2D eigenvalue weighted by Gasteiger charge is -2.14. The van der Waals surface area contributed by atoms with E-state index in [-0.39, 0.29) is 11.8 Å². The Labute approximate surface area is 105 Å². The summed E-state index contributed by atoms with van der Waals surface area (Å²) in [5.74, 6) is 0.174. The molecule has 1 atom stereocenters. The Morgan fingerprint density at radius 3 is 2.38 bits per heavy atom. The molecule has 0 aliphatic heterocycles. The first kappa shape index (κ1) is 13.7. The predicted octanol–water partition coefficient (Wildman–Crippen LogP) is 2.84. The maximum atomic E-state index is 11.6. The number of hydrogen-bond donors (Lipinski definition) is 1. The zero-order chi connectivity index (χ0) is 12.2. The van der Waals surface area contributed by atoms with Gasteiger partial charge in [0.2, 0.25) is 10.0 Å². The van der Waals surface area contributed by atoms with Gasteiger partial charge in [0.05, 0.1) is 5.75 Å². The van der Waals surface area contributed by atoms with Gasteiger partial charge >= 0.3 is 0 Å². The van der Waals surface area contributed by atoms with Crippen LogP contribution in [0.15, 0.2) is 28.7 Å². The monoisotopic (exact) mass is 305 g/mol. The second kappa shape index (κ2) is 5.80. The third-order valence-electron chi connectivity index (χ3n) is 2.20. The lowest BCUT2D eigenvalue weighted by Crippen LogP contribution is -2.28. The molecule has 0 heterocycles. The molecular weight excluding hydrogens is 290 g/mol. The normalized spacial score (nSPS) is 13.7. The molecule has 1 rings (SSSR count). The van der Waals surface area contributed by atoms with Gasteiger partial charge in [-0.3, -0.25) is 0 Å². The minimum absolute atomic E-state index is 0.174. The maximum absolute atomic E-state index is 11.6. The maximum Gasteiger partial charge on any atom is 0.212 e. The average molecular weight is 306 g/mol. The van der Waals surface area contributed by atoms with Gasteiger partial charge in [0.1, 0.15) is 0 Å². The summed E-state index contributed by atoms with van der Waals surface area (Å²) in [7, 11) is -3.15. The Hall–Kier alpha value is -0.390. The third-order valence-corrected chi connectivity index (χ3v) is 4.39. The minimum Gasteiger partial charge on any atom is -0.212 e. The van der Waals surface area contributed by atoms with Crippen molar-refractivity contribution in [1.82, 2.24) is 4.72 Å².